The number of benzene rings is 2. The number of rotatable bonds is 4. The van der Waals surface area contributed by atoms with Crippen molar-refractivity contribution < 1.29 is 19.1 Å². The summed E-state index contributed by atoms with van der Waals surface area (Å²) in [6.45, 7) is 0. The summed E-state index contributed by atoms with van der Waals surface area (Å²) in [5, 5.41) is 3.23. The van der Waals surface area contributed by atoms with Crippen molar-refractivity contribution in [2.75, 3.05) is 17.3 Å². The van der Waals surface area contributed by atoms with Gasteiger partial charge in [0.1, 0.15) is 5.75 Å². The fourth-order valence-electron chi connectivity index (χ4n) is 3.79. The van der Waals surface area contributed by atoms with E-state index in [0.29, 0.717) is 40.6 Å². The zero-order chi connectivity index (χ0) is 20.5. The topological polar surface area (TPSA) is 75.7 Å². The summed E-state index contributed by atoms with van der Waals surface area (Å²) in [5.41, 5.74) is 1.32. The molecule has 0 saturated carbocycles. The predicted octanol–water partition coefficient (Wildman–Crippen LogP) is 4.06. The molecule has 2 aromatic rings. The van der Waals surface area contributed by atoms with Gasteiger partial charge in [-0.2, -0.15) is 0 Å². The number of halogens is 1. The second-order valence-electron chi connectivity index (χ2n) is 7.01. The lowest BCUT2D eigenvalue weighted by molar-refractivity contribution is -0.122. The Morgan fingerprint density at radius 2 is 1.66 bits per heavy atom. The van der Waals surface area contributed by atoms with Crippen molar-refractivity contribution in [1.29, 1.82) is 0 Å². The van der Waals surface area contributed by atoms with Crippen molar-refractivity contribution in [3.8, 4) is 5.75 Å². The number of hydrogen-bond donors (Lipinski definition) is 1. The van der Waals surface area contributed by atoms with Gasteiger partial charge in [-0.1, -0.05) is 23.8 Å². The number of carbonyl (C=O) groups is 3. The molecule has 2 aliphatic rings. The van der Waals surface area contributed by atoms with Gasteiger partial charge in [0.15, 0.2) is 0 Å². The van der Waals surface area contributed by atoms with Crippen LogP contribution in [-0.2, 0) is 9.59 Å². The molecule has 0 unspecified atom stereocenters. The molecule has 2 atom stereocenters. The van der Waals surface area contributed by atoms with Crippen molar-refractivity contribution in [2.45, 2.75) is 12.8 Å². The molecule has 1 N–H and O–H groups in total. The fraction of sp³-hybridized carbons (Fsp3) is 0.227. The Morgan fingerprint density at radius 3 is 2.24 bits per heavy atom. The van der Waals surface area contributed by atoms with Gasteiger partial charge >= 0.3 is 0 Å². The number of nitrogens with one attached hydrogen (secondary N) is 1. The normalized spacial score (nSPS) is 20.6. The molecule has 1 fully saturated rings. The van der Waals surface area contributed by atoms with Crippen molar-refractivity contribution in [1.82, 2.24) is 0 Å². The monoisotopic (exact) mass is 410 g/mol. The molecule has 3 amide bonds. The van der Waals surface area contributed by atoms with Crippen LogP contribution in [0.5, 0.6) is 5.75 Å². The summed E-state index contributed by atoms with van der Waals surface area (Å²) in [5.74, 6) is -0.787. The molecular weight excluding hydrogens is 392 g/mol. The van der Waals surface area contributed by atoms with Crippen LogP contribution in [-0.4, -0.2) is 24.8 Å². The maximum absolute atomic E-state index is 12.7. The number of allylic oxidation sites excluding steroid dienone is 2. The first kappa shape index (κ1) is 19.2. The highest BCUT2D eigenvalue weighted by atomic mass is 35.5. The molecule has 1 heterocycles. The number of imide groups is 1. The van der Waals surface area contributed by atoms with Crippen LogP contribution >= 0.6 is 11.6 Å². The Labute approximate surface area is 173 Å². The molecule has 1 aliphatic heterocycles. The minimum atomic E-state index is -0.353. The zero-order valence-corrected chi connectivity index (χ0v) is 16.5. The second-order valence-corrected chi connectivity index (χ2v) is 7.45. The Bertz CT molecular complexity index is 990. The van der Waals surface area contributed by atoms with E-state index >= 15 is 0 Å². The molecule has 0 aromatic heterocycles. The van der Waals surface area contributed by atoms with Gasteiger partial charge in [-0.15, -0.1) is 0 Å². The van der Waals surface area contributed by atoms with Gasteiger partial charge < -0.3 is 10.1 Å². The summed E-state index contributed by atoms with van der Waals surface area (Å²) in [6.07, 6.45) is 5.09. The summed E-state index contributed by atoms with van der Waals surface area (Å²) < 4.78 is 5.23. The van der Waals surface area contributed by atoms with Crippen molar-refractivity contribution in [3.05, 3.63) is 65.2 Å². The number of amides is 3. The van der Waals surface area contributed by atoms with Crippen LogP contribution in [0.15, 0.2) is 54.6 Å². The molecule has 29 heavy (non-hydrogen) atoms. The quantitative estimate of drug-likeness (QED) is 0.609. The van der Waals surface area contributed by atoms with E-state index in [0.717, 1.165) is 0 Å². The first-order chi connectivity index (χ1) is 14.0. The Morgan fingerprint density at radius 1 is 1.03 bits per heavy atom. The SMILES string of the molecule is COc1ccc(Cl)cc1NC(=O)c1ccc(N2C(=O)[C@H]3CC=CC[C@@H]3C2=O)cc1. The third kappa shape index (κ3) is 3.51. The summed E-state index contributed by atoms with van der Waals surface area (Å²) in [7, 11) is 1.50. The molecule has 1 saturated heterocycles. The number of anilines is 2. The van der Waals surface area contributed by atoms with Crippen molar-refractivity contribution >= 4 is 40.7 Å². The first-order valence-corrected chi connectivity index (χ1v) is 9.65. The minimum absolute atomic E-state index is 0.176. The van der Waals surface area contributed by atoms with E-state index in [1.807, 2.05) is 12.2 Å². The van der Waals surface area contributed by atoms with Crippen LogP contribution < -0.4 is 15.0 Å². The molecule has 0 spiro atoms. The van der Waals surface area contributed by atoms with E-state index in [4.69, 9.17) is 16.3 Å². The lowest BCUT2D eigenvalue weighted by atomic mass is 9.85. The van der Waals surface area contributed by atoms with Crippen LogP contribution in [0.25, 0.3) is 0 Å². The number of ether oxygens (including phenoxy) is 1. The number of hydrogen-bond acceptors (Lipinski definition) is 4. The third-order valence-electron chi connectivity index (χ3n) is 5.30. The Hall–Kier alpha value is -3.12. The molecule has 2 aromatic carbocycles. The predicted molar refractivity (Wildman–Crippen MR) is 110 cm³/mol. The maximum atomic E-state index is 12.7. The van der Waals surface area contributed by atoms with E-state index in [9.17, 15) is 14.4 Å². The Kier molecular flexibility index (Phi) is 5.11. The molecule has 4 rings (SSSR count). The molecule has 148 valence electrons. The van der Waals surface area contributed by atoms with E-state index in [1.54, 1.807) is 42.5 Å². The number of methoxy groups -OCH3 is 1. The average Bonchev–Trinajstić information content (AvgIpc) is 2.99. The maximum Gasteiger partial charge on any atom is 0.255 e. The number of fused-ring (bicyclic) bond motifs is 1. The van der Waals surface area contributed by atoms with Crippen LogP contribution in [0.3, 0.4) is 0 Å². The molecule has 7 heteroatoms. The van der Waals surface area contributed by atoms with Crippen LogP contribution in [0, 0.1) is 11.8 Å². The van der Waals surface area contributed by atoms with Crippen molar-refractivity contribution in [2.24, 2.45) is 11.8 Å². The van der Waals surface area contributed by atoms with Crippen LogP contribution in [0.1, 0.15) is 23.2 Å². The highest BCUT2D eigenvalue weighted by Gasteiger charge is 2.47. The zero-order valence-electron chi connectivity index (χ0n) is 15.7. The van der Waals surface area contributed by atoms with Gasteiger partial charge in [-0.25, -0.2) is 0 Å². The lowest BCUT2D eigenvalue weighted by Crippen LogP contribution is -2.30. The average molecular weight is 411 g/mol. The van der Waals surface area contributed by atoms with Crippen LogP contribution in [0.2, 0.25) is 5.02 Å². The van der Waals surface area contributed by atoms with E-state index in [1.165, 1.54) is 12.0 Å². The fourth-order valence-corrected chi connectivity index (χ4v) is 3.96. The number of nitrogens with zero attached hydrogens (tertiary/aromatic N) is 1. The minimum Gasteiger partial charge on any atom is -0.495 e. The summed E-state index contributed by atoms with van der Waals surface area (Å²) >= 11 is 6.00. The van der Waals surface area contributed by atoms with E-state index in [2.05, 4.69) is 5.32 Å². The summed E-state index contributed by atoms with van der Waals surface area (Å²) in [6, 6.07) is 11.3. The molecule has 0 radical (unpaired) electrons. The third-order valence-corrected chi connectivity index (χ3v) is 5.54. The van der Waals surface area contributed by atoms with Gasteiger partial charge in [-0.05, 0) is 55.3 Å². The van der Waals surface area contributed by atoms with Gasteiger partial charge in [0.05, 0.1) is 30.3 Å². The Balaban J connectivity index is 1.53. The van der Waals surface area contributed by atoms with Gasteiger partial charge in [0, 0.05) is 10.6 Å². The highest BCUT2D eigenvalue weighted by molar-refractivity contribution is 6.31. The smallest absolute Gasteiger partial charge is 0.255 e. The largest absolute Gasteiger partial charge is 0.495 e. The molecule has 1 aliphatic carbocycles. The summed E-state index contributed by atoms with van der Waals surface area (Å²) in [4.78, 5) is 39.2. The standard InChI is InChI=1S/C22H19ClN2O4/c1-29-19-11-8-14(23)12-18(19)24-20(26)13-6-9-15(10-7-13)25-21(27)16-4-2-3-5-17(16)22(25)28/h2-3,6-12,16-17H,4-5H2,1H3,(H,24,26)/t16-,17-/m0/s1. The van der Waals surface area contributed by atoms with Crippen molar-refractivity contribution in [3.63, 3.8) is 0 Å². The highest BCUT2D eigenvalue weighted by Crippen LogP contribution is 2.37. The van der Waals surface area contributed by atoms with Gasteiger partial charge in [-0.3, -0.25) is 19.3 Å². The van der Waals surface area contributed by atoms with Gasteiger partial charge in [0.25, 0.3) is 5.91 Å². The number of carbonyl (C=O) groups excluding carboxylic acids is 3. The first-order valence-electron chi connectivity index (χ1n) is 9.27. The second kappa shape index (κ2) is 7.72. The van der Waals surface area contributed by atoms with E-state index < -0.39 is 0 Å². The van der Waals surface area contributed by atoms with E-state index in [-0.39, 0.29) is 29.6 Å². The molecular formula is C22H19ClN2O4. The molecule has 0 bridgehead atoms. The van der Waals surface area contributed by atoms with Gasteiger partial charge in [0.2, 0.25) is 11.8 Å². The lowest BCUT2D eigenvalue weighted by Gasteiger charge is -2.15. The molecule has 6 nitrogen and oxygen atoms in total. The van der Waals surface area contributed by atoms with Crippen LogP contribution in [0.4, 0.5) is 11.4 Å².